The first-order valence-corrected chi connectivity index (χ1v) is 14.0. The van der Waals surface area contributed by atoms with Crippen LogP contribution in [0.4, 0.5) is 11.4 Å². The number of fused-ring (bicyclic) bond motifs is 2. The van der Waals surface area contributed by atoms with Gasteiger partial charge in [-0.15, -0.1) is 0 Å². The van der Waals surface area contributed by atoms with Crippen LogP contribution >= 0.6 is 73.9 Å². The summed E-state index contributed by atoms with van der Waals surface area (Å²) in [5.41, 5.74) is 2.32. The fraction of sp³-hybridized carbons (Fsp3) is 0. The molecule has 6 aromatic rings. The molecule has 6 rings (SSSR count). The molecule has 6 heterocycles. The van der Waals surface area contributed by atoms with Crippen molar-refractivity contribution in [2.75, 3.05) is 10.6 Å². The molecule has 0 saturated carbocycles. The molecule has 12 nitrogen and oxygen atoms in total. The average Bonchev–Trinajstić information content (AvgIpc) is 3.54. The Balaban J connectivity index is 0.000000168. The number of imidazole rings is 2. The minimum Gasteiger partial charge on any atom is -0.320 e. The van der Waals surface area contributed by atoms with Crippen LogP contribution in [0.2, 0.25) is 25.6 Å². The van der Waals surface area contributed by atoms with Gasteiger partial charge < -0.3 is 10.6 Å². The van der Waals surface area contributed by atoms with E-state index in [-0.39, 0.29) is 37.9 Å². The van der Waals surface area contributed by atoms with E-state index in [2.05, 4.69) is 56.7 Å². The molecule has 0 aliphatic carbocycles. The number of aromatic nitrogens is 8. The smallest absolute Gasteiger partial charge is 0.276 e. The number of nitrogens with zero attached hydrogens (tertiary/aromatic N) is 8. The van der Waals surface area contributed by atoms with E-state index in [0.29, 0.717) is 32.2 Å². The number of hydrogen-bond donors (Lipinski definition) is 2. The molecule has 0 fully saturated rings. The number of halogens is 6. The minimum absolute atomic E-state index is 0.159. The number of anilines is 2. The van der Waals surface area contributed by atoms with Crippen LogP contribution in [0, 0.1) is 0 Å². The summed E-state index contributed by atoms with van der Waals surface area (Å²) in [4.78, 5) is 40.4. The Kier molecular flexibility index (Phi) is 9.06. The Morgan fingerprint density at radius 1 is 0.643 bits per heavy atom. The molecule has 0 aliphatic rings. The first kappa shape index (κ1) is 29.9. The molecule has 212 valence electrons. The van der Waals surface area contributed by atoms with Gasteiger partial charge in [0.15, 0.2) is 33.0 Å². The van der Waals surface area contributed by atoms with Gasteiger partial charge in [-0.05, 0) is 52.3 Å². The van der Waals surface area contributed by atoms with Gasteiger partial charge in [-0.25, -0.2) is 29.0 Å². The minimum atomic E-state index is -0.421. The summed E-state index contributed by atoms with van der Waals surface area (Å²) in [5.74, 6) is -0.804. The second-order valence-electron chi connectivity index (χ2n) is 8.03. The summed E-state index contributed by atoms with van der Waals surface area (Å²) < 4.78 is 3.29. The van der Waals surface area contributed by atoms with Gasteiger partial charge in [-0.3, -0.25) is 9.59 Å². The lowest BCUT2D eigenvalue weighted by molar-refractivity contribution is 0.101. The van der Waals surface area contributed by atoms with Crippen LogP contribution in [0.1, 0.15) is 21.0 Å². The molecule has 0 radical (unpaired) electrons. The van der Waals surface area contributed by atoms with Gasteiger partial charge in [0.2, 0.25) is 0 Å². The second kappa shape index (κ2) is 12.7. The van der Waals surface area contributed by atoms with E-state index in [4.69, 9.17) is 58.0 Å². The maximum Gasteiger partial charge on any atom is 0.276 e. The van der Waals surface area contributed by atoms with Gasteiger partial charge >= 0.3 is 0 Å². The fourth-order valence-electron chi connectivity index (χ4n) is 3.47. The highest BCUT2D eigenvalue weighted by Crippen LogP contribution is 2.22. The molecular weight excluding hydrogens is 718 g/mol. The van der Waals surface area contributed by atoms with E-state index in [9.17, 15) is 9.59 Å². The van der Waals surface area contributed by atoms with Crippen molar-refractivity contribution in [3.05, 3.63) is 103 Å². The highest BCUT2D eigenvalue weighted by Gasteiger charge is 2.17. The zero-order chi connectivity index (χ0) is 30.0. The summed E-state index contributed by atoms with van der Waals surface area (Å²) in [7, 11) is 0. The van der Waals surface area contributed by atoms with Crippen molar-refractivity contribution in [3.63, 3.8) is 0 Å². The standard InChI is InChI=1S/C12H6BrCl2N5O.C12H6Cl3N5O/c2*13-7-4-10(15)19-20-8(5-17-11(7)20)12(21)18-6-1-2-16-9(14)3-6/h2*1-5H,(H,16,18,21). The second-order valence-corrected chi connectivity index (χ2v) is 10.8. The van der Waals surface area contributed by atoms with Gasteiger partial charge in [0.25, 0.3) is 11.8 Å². The summed E-state index contributed by atoms with van der Waals surface area (Å²) >= 11 is 32.6. The number of hydrogen-bond acceptors (Lipinski definition) is 8. The molecule has 42 heavy (non-hydrogen) atoms. The zero-order valence-corrected chi connectivity index (χ0v) is 25.8. The van der Waals surface area contributed by atoms with Crippen molar-refractivity contribution in [1.82, 2.24) is 39.2 Å². The van der Waals surface area contributed by atoms with Gasteiger partial charge in [0.1, 0.15) is 10.3 Å². The molecule has 0 atom stereocenters. The van der Waals surface area contributed by atoms with Crippen molar-refractivity contribution >= 4 is 108 Å². The molecule has 0 spiro atoms. The van der Waals surface area contributed by atoms with Crippen LogP contribution in [-0.4, -0.2) is 51.0 Å². The predicted molar refractivity (Wildman–Crippen MR) is 163 cm³/mol. The molecule has 0 saturated heterocycles. The summed E-state index contributed by atoms with van der Waals surface area (Å²) in [6.45, 7) is 0. The number of amides is 2. The summed E-state index contributed by atoms with van der Waals surface area (Å²) in [6, 6.07) is 9.36. The van der Waals surface area contributed by atoms with Crippen molar-refractivity contribution in [2.45, 2.75) is 0 Å². The van der Waals surface area contributed by atoms with Crippen LogP contribution in [0.3, 0.4) is 0 Å². The Hall–Kier alpha value is -3.59. The van der Waals surface area contributed by atoms with Crippen LogP contribution in [0.15, 0.2) is 65.7 Å². The first-order valence-electron chi connectivity index (χ1n) is 11.3. The first-order chi connectivity index (χ1) is 20.1. The number of carbonyl (C=O) groups is 2. The number of nitrogens with one attached hydrogen (secondary N) is 2. The van der Waals surface area contributed by atoms with E-state index >= 15 is 0 Å². The molecule has 2 N–H and O–H groups in total. The monoisotopic (exact) mass is 726 g/mol. The SMILES string of the molecule is O=C(Nc1ccnc(Cl)c1)c1cnc2c(Br)cc(Cl)nn12.O=C(Nc1ccnc(Cl)c1)c1cnc2c(Cl)cc(Cl)nn12. The van der Waals surface area contributed by atoms with Gasteiger partial charge in [-0.1, -0.05) is 58.0 Å². The van der Waals surface area contributed by atoms with Crippen molar-refractivity contribution in [1.29, 1.82) is 0 Å². The third kappa shape index (κ3) is 6.72. The van der Waals surface area contributed by atoms with Crippen LogP contribution in [0.5, 0.6) is 0 Å². The fourth-order valence-corrected chi connectivity index (χ4v) is 5.09. The lowest BCUT2D eigenvalue weighted by atomic mass is 10.3. The van der Waals surface area contributed by atoms with E-state index in [1.807, 2.05) is 0 Å². The van der Waals surface area contributed by atoms with E-state index in [0.717, 1.165) is 0 Å². The number of carbonyl (C=O) groups excluding carboxylic acids is 2. The zero-order valence-electron chi connectivity index (χ0n) is 20.4. The molecule has 0 unspecified atom stereocenters. The molecular formula is C24H12BrCl5N10O2. The Bertz CT molecular complexity index is 1840. The number of rotatable bonds is 4. The Morgan fingerprint density at radius 2 is 1.12 bits per heavy atom. The summed E-state index contributed by atoms with van der Waals surface area (Å²) in [6.07, 6.45) is 5.76. The van der Waals surface area contributed by atoms with Crippen LogP contribution in [0.25, 0.3) is 11.3 Å². The molecule has 2 amide bonds. The largest absolute Gasteiger partial charge is 0.320 e. The Labute approximate surface area is 269 Å². The third-order valence-corrected chi connectivity index (χ3v) is 6.86. The third-order valence-electron chi connectivity index (χ3n) is 5.22. The van der Waals surface area contributed by atoms with E-state index < -0.39 is 5.91 Å². The van der Waals surface area contributed by atoms with Crippen molar-refractivity contribution < 1.29 is 9.59 Å². The van der Waals surface area contributed by atoms with Gasteiger partial charge in [0.05, 0.1) is 21.9 Å². The van der Waals surface area contributed by atoms with Gasteiger partial charge in [0, 0.05) is 23.8 Å². The van der Waals surface area contributed by atoms with Gasteiger partial charge in [-0.2, -0.15) is 10.2 Å². The molecule has 6 aromatic heterocycles. The lowest BCUT2D eigenvalue weighted by Crippen LogP contribution is -2.15. The highest BCUT2D eigenvalue weighted by atomic mass is 79.9. The summed E-state index contributed by atoms with van der Waals surface area (Å²) in [5, 5.41) is 14.7. The Morgan fingerprint density at radius 3 is 1.64 bits per heavy atom. The molecule has 0 aliphatic heterocycles. The van der Waals surface area contributed by atoms with E-state index in [1.54, 1.807) is 24.3 Å². The maximum atomic E-state index is 12.3. The van der Waals surface area contributed by atoms with E-state index in [1.165, 1.54) is 46.0 Å². The molecule has 0 bridgehead atoms. The van der Waals surface area contributed by atoms with Crippen LogP contribution < -0.4 is 10.6 Å². The quantitative estimate of drug-likeness (QED) is 0.189. The molecule has 0 aromatic carbocycles. The van der Waals surface area contributed by atoms with Crippen LogP contribution in [-0.2, 0) is 0 Å². The maximum absolute atomic E-state index is 12.3. The molecule has 18 heteroatoms. The lowest BCUT2D eigenvalue weighted by Gasteiger charge is -2.05. The predicted octanol–water partition coefficient (Wildman–Crippen LogP) is 6.78. The van der Waals surface area contributed by atoms with Crippen molar-refractivity contribution in [2.24, 2.45) is 0 Å². The normalized spacial score (nSPS) is 10.8. The van der Waals surface area contributed by atoms with Crippen molar-refractivity contribution in [3.8, 4) is 0 Å². The number of pyridine rings is 2. The average molecular weight is 730 g/mol. The highest BCUT2D eigenvalue weighted by molar-refractivity contribution is 9.10. The topological polar surface area (TPSA) is 144 Å².